The van der Waals surface area contributed by atoms with Crippen molar-refractivity contribution in [3.8, 4) is 0 Å². The zero-order chi connectivity index (χ0) is 23.8. The molecule has 2 aromatic heterocycles. The second-order valence-corrected chi connectivity index (χ2v) is 9.72. The van der Waals surface area contributed by atoms with Crippen LogP contribution in [0, 0.1) is 0 Å². The van der Waals surface area contributed by atoms with Gasteiger partial charge in [0.1, 0.15) is 0 Å². The smallest absolute Gasteiger partial charge is 0.316 e. The summed E-state index contributed by atoms with van der Waals surface area (Å²) in [5.41, 5.74) is 11.6. The third kappa shape index (κ3) is 4.77. The second-order valence-electron chi connectivity index (χ2n) is 9.72. The van der Waals surface area contributed by atoms with Crippen LogP contribution in [-0.2, 0) is 5.41 Å². The molecule has 0 saturated carbocycles. The lowest BCUT2D eigenvalue weighted by Crippen LogP contribution is -2.27. The summed E-state index contributed by atoms with van der Waals surface area (Å²) < 4.78 is 1.89. The van der Waals surface area contributed by atoms with E-state index in [-0.39, 0.29) is 17.2 Å². The number of carbonyl (C=O) groups is 2. The molecule has 3 amide bonds. The van der Waals surface area contributed by atoms with Crippen LogP contribution in [0.25, 0.3) is 5.65 Å². The van der Waals surface area contributed by atoms with Gasteiger partial charge in [0.05, 0.1) is 5.69 Å². The molecule has 1 aliphatic carbocycles. The van der Waals surface area contributed by atoms with Gasteiger partial charge in [0.2, 0.25) is 0 Å². The summed E-state index contributed by atoms with van der Waals surface area (Å²) in [7, 11) is 0. The average molecular weight is 446 g/mol. The number of anilines is 1. The summed E-state index contributed by atoms with van der Waals surface area (Å²) >= 11 is 0. The van der Waals surface area contributed by atoms with E-state index >= 15 is 0 Å². The Kier molecular flexibility index (Phi) is 5.97. The summed E-state index contributed by atoms with van der Waals surface area (Å²) in [6, 6.07) is 9.12. The molecule has 172 valence electrons. The highest BCUT2D eigenvalue weighted by atomic mass is 16.2. The molecule has 0 spiro atoms. The maximum atomic E-state index is 13.0. The Balaban J connectivity index is 1.60. The molecule has 0 bridgehead atoms. The number of hydrogen-bond donors (Lipinski definition) is 3. The van der Waals surface area contributed by atoms with E-state index in [4.69, 9.17) is 5.73 Å². The number of nitrogens with two attached hydrogens (primary N) is 1. The normalized spacial score (nSPS) is 16.7. The molecule has 3 aromatic rings. The van der Waals surface area contributed by atoms with Crippen molar-refractivity contribution in [2.45, 2.75) is 58.3 Å². The van der Waals surface area contributed by atoms with Crippen molar-refractivity contribution in [2.75, 3.05) is 5.32 Å². The van der Waals surface area contributed by atoms with Gasteiger partial charge in [-0.1, -0.05) is 32.9 Å². The summed E-state index contributed by atoms with van der Waals surface area (Å²) in [5.74, 6) is 0.0316. The van der Waals surface area contributed by atoms with Crippen LogP contribution in [0.5, 0.6) is 0 Å². The molecule has 0 radical (unpaired) electrons. The fraction of sp³-hybridized carbons (Fsp3) is 0.346. The Morgan fingerprint density at radius 1 is 1.15 bits per heavy atom. The van der Waals surface area contributed by atoms with E-state index in [1.807, 2.05) is 47.1 Å². The maximum absolute atomic E-state index is 13.0. The molecule has 1 aromatic carbocycles. The van der Waals surface area contributed by atoms with Crippen LogP contribution in [0.3, 0.4) is 0 Å². The molecule has 7 nitrogen and oxygen atoms in total. The van der Waals surface area contributed by atoms with Crippen molar-refractivity contribution in [3.63, 3.8) is 0 Å². The molecule has 1 atom stereocenters. The van der Waals surface area contributed by atoms with E-state index < -0.39 is 6.03 Å². The highest BCUT2D eigenvalue weighted by Crippen LogP contribution is 2.38. The van der Waals surface area contributed by atoms with Gasteiger partial charge in [-0.2, -0.15) is 0 Å². The van der Waals surface area contributed by atoms with Crippen LogP contribution >= 0.6 is 0 Å². The molecule has 0 saturated heterocycles. The van der Waals surface area contributed by atoms with Crippen LogP contribution in [0.4, 0.5) is 10.5 Å². The number of rotatable bonds is 4. The number of carbonyl (C=O) groups excluding carboxylic acids is 2. The Labute approximate surface area is 194 Å². The monoisotopic (exact) mass is 445 g/mol. The molecule has 2 heterocycles. The average Bonchev–Trinajstić information content (AvgIpc) is 3.23. The number of nitrogens with zero attached hydrogens (tertiary/aromatic N) is 2. The van der Waals surface area contributed by atoms with E-state index in [1.165, 1.54) is 5.56 Å². The molecule has 1 unspecified atom stereocenters. The lowest BCUT2D eigenvalue weighted by Gasteiger charge is -2.28. The first-order valence-corrected chi connectivity index (χ1v) is 11.3. The molecule has 0 fully saturated rings. The van der Waals surface area contributed by atoms with Crippen molar-refractivity contribution in [2.24, 2.45) is 5.73 Å². The topological polar surface area (TPSA) is 102 Å². The van der Waals surface area contributed by atoms with Crippen LogP contribution in [0.15, 0.2) is 60.2 Å². The number of urea groups is 1. The molecule has 4 rings (SSSR count). The second kappa shape index (κ2) is 8.73. The van der Waals surface area contributed by atoms with Crippen LogP contribution < -0.4 is 16.4 Å². The van der Waals surface area contributed by atoms with Crippen LogP contribution in [-0.4, -0.2) is 21.3 Å². The first-order valence-electron chi connectivity index (χ1n) is 11.3. The Morgan fingerprint density at radius 2 is 1.88 bits per heavy atom. The van der Waals surface area contributed by atoms with Crippen molar-refractivity contribution in [1.29, 1.82) is 0 Å². The van der Waals surface area contributed by atoms with Gasteiger partial charge in [-0.25, -0.2) is 9.78 Å². The number of primary amides is 1. The zero-order valence-corrected chi connectivity index (χ0v) is 19.6. The summed E-state index contributed by atoms with van der Waals surface area (Å²) in [5, 5.41) is 5.83. The SMILES string of the molecule is CC1=C(NC(=O)c2ccc(C(C)(C)C)cc2)CCCC1c1cc(NC(N)=O)c2nccn2c1. The third-order valence-corrected chi connectivity index (χ3v) is 6.36. The third-order valence-electron chi connectivity index (χ3n) is 6.36. The van der Waals surface area contributed by atoms with E-state index in [2.05, 4.69) is 43.3 Å². The predicted octanol–water partition coefficient (Wildman–Crippen LogP) is 5.09. The number of allylic oxidation sites excluding steroid dienone is 2. The van der Waals surface area contributed by atoms with Gasteiger partial charge in [-0.15, -0.1) is 0 Å². The van der Waals surface area contributed by atoms with Crippen LogP contribution in [0.1, 0.15) is 74.4 Å². The van der Waals surface area contributed by atoms with E-state index in [0.717, 1.165) is 36.1 Å². The van der Waals surface area contributed by atoms with E-state index in [1.54, 1.807) is 6.20 Å². The minimum absolute atomic E-state index is 0.0449. The van der Waals surface area contributed by atoms with Crippen LogP contribution in [0.2, 0.25) is 0 Å². The fourth-order valence-electron chi connectivity index (χ4n) is 4.49. The number of nitrogens with one attached hydrogen (secondary N) is 2. The number of imidazole rings is 1. The number of amides is 3. The van der Waals surface area contributed by atoms with Gasteiger partial charge in [0, 0.05) is 35.8 Å². The first kappa shape index (κ1) is 22.6. The van der Waals surface area contributed by atoms with Crippen molar-refractivity contribution in [3.05, 3.63) is 76.9 Å². The quantitative estimate of drug-likeness (QED) is 0.521. The fourth-order valence-corrected chi connectivity index (χ4v) is 4.49. The highest BCUT2D eigenvalue weighted by Gasteiger charge is 2.25. The highest BCUT2D eigenvalue weighted by molar-refractivity contribution is 5.95. The van der Waals surface area contributed by atoms with Gasteiger partial charge in [-0.05, 0) is 66.5 Å². The van der Waals surface area contributed by atoms with Gasteiger partial charge >= 0.3 is 6.03 Å². The number of pyridine rings is 1. The van der Waals surface area contributed by atoms with Crippen molar-refractivity contribution < 1.29 is 9.59 Å². The lowest BCUT2D eigenvalue weighted by molar-refractivity contribution is 0.0963. The number of fused-ring (bicyclic) bond motifs is 1. The van der Waals surface area contributed by atoms with Gasteiger partial charge in [0.25, 0.3) is 5.91 Å². The Hall–Kier alpha value is -3.61. The molecule has 33 heavy (non-hydrogen) atoms. The molecule has 7 heteroatoms. The molecular formula is C26H31N5O2. The zero-order valence-electron chi connectivity index (χ0n) is 19.6. The summed E-state index contributed by atoms with van der Waals surface area (Å²) in [6.07, 6.45) is 8.30. The number of hydrogen-bond acceptors (Lipinski definition) is 3. The largest absolute Gasteiger partial charge is 0.351 e. The minimum atomic E-state index is -0.626. The van der Waals surface area contributed by atoms with Gasteiger partial charge in [0.15, 0.2) is 5.65 Å². The van der Waals surface area contributed by atoms with Gasteiger partial charge < -0.3 is 20.8 Å². The molecule has 1 aliphatic rings. The maximum Gasteiger partial charge on any atom is 0.316 e. The Bertz CT molecular complexity index is 1230. The van der Waals surface area contributed by atoms with E-state index in [0.29, 0.717) is 16.9 Å². The number of benzene rings is 1. The molecule has 0 aliphatic heterocycles. The van der Waals surface area contributed by atoms with Crippen molar-refractivity contribution in [1.82, 2.24) is 14.7 Å². The predicted molar refractivity (Wildman–Crippen MR) is 130 cm³/mol. The van der Waals surface area contributed by atoms with Crippen molar-refractivity contribution >= 4 is 23.3 Å². The molecule has 4 N–H and O–H groups in total. The Morgan fingerprint density at radius 3 is 2.55 bits per heavy atom. The minimum Gasteiger partial charge on any atom is -0.351 e. The number of aromatic nitrogens is 2. The first-order chi connectivity index (χ1) is 15.6. The summed E-state index contributed by atoms with van der Waals surface area (Å²) in [6.45, 7) is 8.54. The lowest BCUT2D eigenvalue weighted by atomic mass is 9.82. The summed E-state index contributed by atoms with van der Waals surface area (Å²) in [4.78, 5) is 28.8. The van der Waals surface area contributed by atoms with E-state index in [9.17, 15) is 9.59 Å². The molecular weight excluding hydrogens is 414 g/mol. The standard InChI is InChI=1S/C26H31N5O2/c1-16-20(18-14-22(30-25(27)33)23-28-12-13-31(23)15-18)6-5-7-21(16)29-24(32)17-8-10-19(11-9-17)26(2,3)4/h8-15,20H,5-7H2,1-4H3,(H,29,32)(H3,27,30,33). The van der Waals surface area contributed by atoms with Gasteiger partial charge in [-0.3, -0.25) is 4.79 Å².